The normalized spacial score (nSPS) is 14.3. The molecule has 2 N–H and O–H groups in total. The number of barbiturate groups is 1. The van der Waals surface area contributed by atoms with Gasteiger partial charge in [-0.2, -0.15) is 0 Å². The Balaban J connectivity index is 1.57. The molecule has 3 aromatic rings. The van der Waals surface area contributed by atoms with E-state index in [1.807, 2.05) is 30.3 Å². The lowest BCUT2D eigenvalue weighted by Crippen LogP contribution is -2.54. The lowest BCUT2D eigenvalue weighted by molar-refractivity contribution is -0.139. The van der Waals surface area contributed by atoms with Gasteiger partial charge in [0.05, 0.1) is 16.8 Å². The van der Waals surface area contributed by atoms with E-state index in [1.165, 1.54) is 18.2 Å². The van der Waals surface area contributed by atoms with Gasteiger partial charge < -0.3 is 19.3 Å². The standard InChI is InChI=1S/C28H23BrN2O8/c1-2-37-23-14-18(13-22(29)25(23)39-16-24(32)33)12-21-26(34)30-28(36)31(27(21)35)19-8-10-20(11-9-19)38-15-17-6-4-3-5-7-17/h3-14H,2,15-16H2,1H3,(H,32,33)(H,30,34,36)/b21-12+. The van der Waals surface area contributed by atoms with E-state index in [4.69, 9.17) is 19.3 Å². The molecule has 10 nitrogen and oxygen atoms in total. The van der Waals surface area contributed by atoms with Gasteiger partial charge in [-0.15, -0.1) is 0 Å². The van der Waals surface area contributed by atoms with Gasteiger partial charge in [0, 0.05) is 0 Å². The van der Waals surface area contributed by atoms with E-state index in [2.05, 4.69) is 21.2 Å². The lowest BCUT2D eigenvalue weighted by atomic mass is 10.1. The van der Waals surface area contributed by atoms with Crippen LogP contribution in [0.5, 0.6) is 17.2 Å². The van der Waals surface area contributed by atoms with Crippen LogP contribution in [-0.2, 0) is 21.0 Å². The summed E-state index contributed by atoms with van der Waals surface area (Å²) >= 11 is 3.32. The van der Waals surface area contributed by atoms with Crippen LogP contribution >= 0.6 is 15.9 Å². The molecule has 1 aliphatic heterocycles. The predicted octanol–water partition coefficient (Wildman–Crippen LogP) is 4.56. The minimum absolute atomic E-state index is 0.159. The SMILES string of the molecule is CCOc1cc(/C=C2\C(=O)NC(=O)N(c3ccc(OCc4ccccc4)cc3)C2=O)cc(Br)c1OCC(=O)O. The fourth-order valence-electron chi connectivity index (χ4n) is 3.70. The second-order valence-electron chi connectivity index (χ2n) is 8.17. The fraction of sp³-hybridized carbons (Fsp3) is 0.143. The summed E-state index contributed by atoms with van der Waals surface area (Å²) in [6.45, 7) is 1.75. The molecule has 0 radical (unpaired) electrons. The minimum Gasteiger partial charge on any atom is -0.490 e. The van der Waals surface area contributed by atoms with Crippen molar-refractivity contribution in [3.8, 4) is 17.2 Å². The zero-order valence-electron chi connectivity index (χ0n) is 20.7. The van der Waals surface area contributed by atoms with Crippen LogP contribution in [-0.4, -0.2) is 42.1 Å². The number of hydrogen-bond donors (Lipinski definition) is 2. The van der Waals surface area contributed by atoms with E-state index in [0.717, 1.165) is 10.5 Å². The number of imide groups is 2. The van der Waals surface area contributed by atoms with Gasteiger partial charge in [0.1, 0.15) is 17.9 Å². The molecule has 11 heteroatoms. The van der Waals surface area contributed by atoms with Crippen LogP contribution in [0.15, 0.2) is 76.8 Å². The van der Waals surface area contributed by atoms with Gasteiger partial charge >= 0.3 is 12.0 Å². The maximum absolute atomic E-state index is 13.3. The van der Waals surface area contributed by atoms with Crippen LogP contribution < -0.4 is 24.4 Å². The fourth-order valence-corrected chi connectivity index (χ4v) is 4.27. The number of urea groups is 1. The number of amides is 4. The first kappa shape index (κ1) is 27.4. The number of aliphatic carboxylic acids is 1. The summed E-state index contributed by atoms with van der Waals surface area (Å²) in [6.07, 6.45) is 1.31. The van der Waals surface area contributed by atoms with E-state index in [-0.39, 0.29) is 29.4 Å². The van der Waals surface area contributed by atoms with Gasteiger partial charge in [0.25, 0.3) is 11.8 Å². The molecule has 39 heavy (non-hydrogen) atoms. The Morgan fingerprint density at radius 3 is 2.38 bits per heavy atom. The summed E-state index contributed by atoms with van der Waals surface area (Å²) < 4.78 is 17.0. The summed E-state index contributed by atoms with van der Waals surface area (Å²) in [5, 5.41) is 11.1. The van der Waals surface area contributed by atoms with E-state index < -0.39 is 30.4 Å². The highest BCUT2D eigenvalue weighted by atomic mass is 79.9. The minimum atomic E-state index is -1.17. The molecular weight excluding hydrogens is 572 g/mol. The Bertz CT molecular complexity index is 1440. The zero-order valence-corrected chi connectivity index (χ0v) is 22.3. The molecule has 1 saturated heterocycles. The molecule has 4 rings (SSSR count). The Kier molecular flexibility index (Phi) is 8.62. The predicted molar refractivity (Wildman–Crippen MR) is 145 cm³/mol. The first-order chi connectivity index (χ1) is 18.8. The Hall–Kier alpha value is -4.64. The molecule has 1 heterocycles. The van der Waals surface area contributed by atoms with E-state index in [9.17, 15) is 19.2 Å². The maximum atomic E-state index is 13.3. The van der Waals surface area contributed by atoms with Gasteiger partial charge in [-0.25, -0.2) is 14.5 Å². The van der Waals surface area contributed by atoms with Crippen LogP contribution in [0.1, 0.15) is 18.1 Å². The van der Waals surface area contributed by atoms with Crippen molar-refractivity contribution in [1.82, 2.24) is 5.32 Å². The summed E-state index contributed by atoms with van der Waals surface area (Å²) in [4.78, 5) is 50.3. The van der Waals surface area contributed by atoms with Crippen LogP contribution in [0.25, 0.3) is 6.08 Å². The number of benzene rings is 3. The number of nitrogens with zero attached hydrogens (tertiary/aromatic N) is 1. The molecule has 1 aliphatic rings. The van der Waals surface area contributed by atoms with Crippen molar-refractivity contribution in [3.63, 3.8) is 0 Å². The van der Waals surface area contributed by atoms with Gasteiger partial charge in [0.15, 0.2) is 18.1 Å². The van der Waals surface area contributed by atoms with Crippen molar-refractivity contribution in [1.29, 1.82) is 0 Å². The molecule has 1 fully saturated rings. The second-order valence-corrected chi connectivity index (χ2v) is 9.03. The third-order valence-electron chi connectivity index (χ3n) is 5.43. The van der Waals surface area contributed by atoms with Crippen molar-refractivity contribution in [2.75, 3.05) is 18.1 Å². The molecule has 0 atom stereocenters. The number of carboxylic acids is 1. The Morgan fingerprint density at radius 1 is 1.00 bits per heavy atom. The van der Waals surface area contributed by atoms with E-state index >= 15 is 0 Å². The highest BCUT2D eigenvalue weighted by Crippen LogP contribution is 2.38. The number of hydrogen-bond acceptors (Lipinski definition) is 7. The number of carbonyl (C=O) groups is 4. The quantitative estimate of drug-likeness (QED) is 0.258. The first-order valence-electron chi connectivity index (χ1n) is 11.8. The van der Waals surface area contributed by atoms with Crippen molar-refractivity contribution in [3.05, 3.63) is 87.9 Å². The maximum Gasteiger partial charge on any atom is 0.341 e. The summed E-state index contributed by atoms with van der Waals surface area (Å²) in [7, 11) is 0. The molecule has 4 amide bonds. The largest absolute Gasteiger partial charge is 0.490 e. The van der Waals surface area contributed by atoms with Crippen molar-refractivity contribution >= 4 is 51.5 Å². The van der Waals surface area contributed by atoms with Gasteiger partial charge in [-0.3, -0.25) is 14.9 Å². The molecular formula is C28H23BrN2O8. The van der Waals surface area contributed by atoms with Gasteiger partial charge in [0.2, 0.25) is 0 Å². The number of carboxylic acid groups (broad SMARTS) is 1. The number of ether oxygens (including phenoxy) is 3. The first-order valence-corrected chi connectivity index (χ1v) is 12.5. The molecule has 0 unspecified atom stereocenters. The number of anilines is 1. The van der Waals surface area contributed by atoms with Gasteiger partial charge in [-0.05, 0) is 76.5 Å². The highest BCUT2D eigenvalue weighted by Gasteiger charge is 2.37. The second kappa shape index (κ2) is 12.3. The summed E-state index contributed by atoms with van der Waals surface area (Å²) in [5.74, 6) is -1.93. The lowest BCUT2D eigenvalue weighted by Gasteiger charge is -2.26. The van der Waals surface area contributed by atoms with Crippen LogP contribution in [0.3, 0.4) is 0 Å². The topological polar surface area (TPSA) is 131 Å². The molecule has 3 aromatic carbocycles. The molecule has 200 valence electrons. The van der Waals surface area contributed by atoms with E-state index in [0.29, 0.717) is 22.4 Å². The van der Waals surface area contributed by atoms with Crippen molar-refractivity contribution < 1.29 is 38.5 Å². The smallest absolute Gasteiger partial charge is 0.341 e. The number of rotatable bonds is 10. The molecule has 0 saturated carbocycles. The third kappa shape index (κ3) is 6.63. The van der Waals surface area contributed by atoms with Crippen LogP contribution in [0, 0.1) is 0 Å². The average Bonchev–Trinajstić information content (AvgIpc) is 2.90. The molecule has 0 aliphatic carbocycles. The molecule has 0 bridgehead atoms. The van der Waals surface area contributed by atoms with Crippen LogP contribution in [0.2, 0.25) is 0 Å². The third-order valence-corrected chi connectivity index (χ3v) is 6.02. The Morgan fingerprint density at radius 2 is 1.72 bits per heavy atom. The zero-order chi connectivity index (χ0) is 27.9. The summed E-state index contributed by atoms with van der Waals surface area (Å²) in [6, 6.07) is 18.1. The monoisotopic (exact) mass is 594 g/mol. The molecule has 0 spiro atoms. The number of carbonyl (C=O) groups excluding carboxylic acids is 3. The number of nitrogens with one attached hydrogen (secondary N) is 1. The summed E-state index contributed by atoms with van der Waals surface area (Å²) in [5.41, 5.74) is 1.33. The van der Waals surface area contributed by atoms with Gasteiger partial charge in [-0.1, -0.05) is 30.3 Å². The molecule has 0 aromatic heterocycles. The Labute approximate surface area is 231 Å². The highest BCUT2D eigenvalue weighted by molar-refractivity contribution is 9.10. The van der Waals surface area contributed by atoms with Crippen molar-refractivity contribution in [2.45, 2.75) is 13.5 Å². The van der Waals surface area contributed by atoms with Crippen LogP contribution in [0.4, 0.5) is 10.5 Å². The van der Waals surface area contributed by atoms with E-state index in [1.54, 1.807) is 31.2 Å². The number of halogens is 1. The average molecular weight is 595 g/mol. The van der Waals surface area contributed by atoms with Crippen molar-refractivity contribution in [2.24, 2.45) is 0 Å².